The van der Waals surface area contributed by atoms with Crippen LogP contribution in [0.3, 0.4) is 0 Å². The number of carbonyl (C=O) groups excluding carboxylic acids is 4. The van der Waals surface area contributed by atoms with Gasteiger partial charge in [-0.15, -0.1) is 0 Å². The first-order chi connectivity index (χ1) is 19.5. The Balaban J connectivity index is 0.000000246. The van der Waals surface area contributed by atoms with Gasteiger partial charge in [0.1, 0.15) is 34.8 Å². The molecule has 0 bridgehead atoms. The lowest BCUT2D eigenvalue weighted by molar-refractivity contribution is -0.130. The number of hydrogen-bond acceptors (Lipinski definition) is 8. The summed E-state index contributed by atoms with van der Waals surface area (Å²) < 4.78 is 15.9. The Morgan fingerprint density at radius 3 is 1.59 bits per heavy atom. The molecule has 2 saturated carbocycles. The van der Waals surface area contributed by atoms with E-state index in [0.29, 0.717) is 5.57 Å². The molecule has 2 aliphatic carbocycles. The molecule has 0 unspecified atom stereocenters. The zero-order chi connectivity index (χ0) is 30.4. The molecule has 2 aliphatic rings. The van der Waals surface area contributed by atoms with E-state index in [1.165, 1.54) is 6.07 Å². The molecular weight excluding hydrogens is 548 g/mol. The third-order valence-electron chi connectivity index (χ3n) is 6.27. The molecule has 0 amide bonds. The van der Waals surface area contributed by atoms with Gasteiger partial charge < -0.3 is 19.3 Å². The number of allylic oxidation sites excluding steroid dienone is 1. The average Bonchev–Trinajstić information content (AvgIpc) is 3.64. The van der Waals surface area contributed by atoms with E-state index in [4.69, 9.17) is 25.8 Å². The summed E-state index contributed by atoms with van der Waals surface area (Å²) in [6, 6.07) is 13.0. The van der Waals surface area contributed by atoms with Gasteiger partial charge in [0.2, 0.25) is 5.24 Å². The molecule has 220 valence electrons. The first-order valence-electron chi connectivity index (χ1n) is 13.5. The molecule has 41 heavy (non-hydrogen) atoms. The predicted octanol–water partition coefficient (Wildman–Crippen LogP) is 7.09. The maximum absolute atomic E-state index is 12.1. The molecule has 4 rings (SSSR count). The molecule has 1 N–H and O–H groups in total. The van der Waals surface area contributed by atoms with Crippen LogP contribution in [0.1, 0.15) is 85.9 Å². The Labute approximate surface area is 245 Å². The molecule has 0 aromatic heterocycles. The molecule has 0 radical (unpaired) electrons. The number of halogens is 1. The molecule has 2 aromatic rings. The van der Waals surface area contributed by atoms with Crippen molar-refractivity contribution >= 4 is 34.8 Å². The monoisotopic (exact) mass is 584 g/mol. The summed E-state index contributed by atoms with van der Waals surface area (Å²) in [5, 5.41) is 8.99. The lowest BCUT2D eigenvalue weighted by atomic mass is 10.2. The highest BCUT2D eigenvalue weighted by Crippen LogP contribution is 2.26. The van der Waals surface area contributed by atoms with E-state index < -0.39 is 23.2 Å². The Kier molecular flexibility index (Phi) is 13.8. The highest BCUT2D eigenvalue weighted by atomic mass is 35.5. The Morgan fingerprint density at radius 1 is 0.732 bits per heavy atom. The SMILES string of the molecule is C=C(C)C(=O)Cl.C=C(C)C(=O)Oc1ccccc1C(=O)OC1CCCC1.O=C(OC1CCCC1)c1ccccc1O. The number of ether oxygens (including phenoxy) is 3. The van der Waals surface area contributed by atoms with Gasteiger partial charge in [0.15, 0.2) is 0 Å². The number of esters is 3. The van der Waals surface area contributed by atoms with Crippen LogP contribution in [-0.2, 0) is 19.1 Å². The predicted molar refractivity (Wildman–Crippen MR) is 156 cm³/mol. The number of aromatic hydroxyl groups is 1. The molecule has 9 heteroatoms. The number of benzene rings is 2. The second-order valence-electron chi connectivity index (χ2n) is 9.86. The topological polar surface area (TPSA) is 116 Å². The van der Waals surface area contributed by atoms with Crippen molar-refractivity contribution in [2.24, 2.45) is 0 Å². The number of carbonyl (C=O) groups is 4. The normalized spacial score (nSPS) is 14.4. The number of para-hydroxylation sites is 2. The van der Waals surface area contributed by atoms with Crippen molar-refractivity contribution in [2.75, 3.05) is 0 Å². The van der Waals surface area contributed by atoms with Crippen LogP contribution in [0.2, 0.25) is 0 Å². The van der Waals surface area contributed by atoms with Gasteiger partial charge in [0.05, 0.1) is 0 Å². The van der Waals surface area contributed by atoms with Gasteiger partial charge in [-0.05, 0) is 101 Å². The maximum atomic E-state index is 12.1. The van der Waals surface area contributed by atoms with Crippen LogP contribution in [0.15, 0.2) is 72.8 Å². The van der Waals surface area contributed by atoms with Gasteiger partial charge in [-0.25, -0.2) is 14.4 Å². The van der Waals surface area contributed by atoms with Crippen LogP contribution in [0.25, 0.3) is 0 Å². The lowest BCUT2D eigenvalue weighted by Crippen LogP contribution is -2.17. The number of phenols is 1. The van der Waals surface area contributed by atoms with Gasteiger partial charge in [-0.3, -0.25) is 4.79 Å². The van der Waals surface area contributed by atoms with E-state index in [0.717, 1.165) is 51.4 Å². The maximum Gasteiger partial charge on any atom is 0.342 e. The fraction of sp³-hybridized carbons (Fsp3) is 0.375. The quantitative estimate of drug-likeness (QED) is 0.159. The second kappa shape index (κ2) is 17.0. The minimum absolute atomic E-state index is 0.0134. The number of rotatable bonds is 7. The van der Waals surface area contributed by atoms with Crippen LogP contribution in [0.4, 0.5) is 0 Å². The first-order valence-corrected chi connectivity index (χ1v) is 13.9. The molecular formula is C32H37ClO8. The summed E-state index contributed by atoms with van der Waals surface area (Å²) in [4.78, 5) is 45.1. The van der Waals surface area contributed by atoms with Gasteiger partial charge in [-0.2, -0.15) is 0 Å². The Hall–Kier alpha value is -3.91. The number of phenolic OH excluding ortho intramolecular Hbond substituents is 1. The lowest BCUT2D eigenvalue weighted by Gasteiger charge is -2.13. The second-order valence-corrected chi connectivity index (χ2v) is 10.2. The van der Waals surface area contributed by atoms with E-state index in [1.54, 1.807) is 56.3 Å². The van der Waals surface area contributed by atoms with E-state index in [1.807, 2.05) is 0 Å². The van der Waals surface area contributed by atoms with Crippen LogP contribution in [-0.4, -0.2) is 40.5 Å². The minimum atomic E-state index is -0.550. The molecule has 0 saturated heterocycles. The third kappa shape index (κ3) is 11.6. The van der Waals surface area contributed by atoms with Crippen LogP contribution in [0, 0.1) is 0 Å². The van der Waals surface area contributed by atoms with E-state index in [-0.39, 0.29) is 40.4 Å². The first kappa shape index (κ1) is 33.3. The van der Waals surface area contributed by atoms with Crippen LogP contribution >= 0.6 is 11.6 Å². The van der Waals surface area contributed by atoms with Gasteiger partial charge >= 0.3 is 17.9 Å². The minimum Gasteiger partial charge on any atom is -0.507 e. The summed E-state index contributed by atoms with van der Waals surface area (Å²) >= 11 is 4.87. The van der Waals surface area contributed by atoms with Gasteiger partial charge in [0, 0.05) is 11.1 Å². The average molecular weight is 585 g/mol. The van der Waals surface area contributed by atoms with Crippen LogP contribution < -0.4 is 4.74 Å². The largest absolute Gasteiger partial charge is 0.507 e. The van der Waals surface area contributed by atoms with Crippen molar-refractivity contribution in [3.8, 4) is 11.5 Å². The van der Waals surface area contributed by atoms with Gasteiger partial charge in [-0.1, -0.05) is 37.4 Å². The van der Waals surface area contributed by atoms with Crippen molar-refractivity contribution in [1.82, 2.24) is 0 Å². The summed E-state index contributed by atoms with van der Waals surface area (Å²) in [6.45, 7) is 9.91. The highest BCUT2D eigenvalue weighted by Gasteiger charge is 2.23. The summed E-state index contributed by atoms with van der Waals surface area (Å²) in [5.74, 6) is -1.21. The summed E-state index contributed by atoms with van der Waals surface area (Å²) in [7, 11) is 0. The van der Waals surface area contributed by atoms with Crippen molar-refractivity contribution in [1.29, 1.82) is 0 Å². The van der Waals surface area contributed by atoms with Crippen LogP contribution in [0.5, 0.6) is 11.5 Å². The number of hydrogen-bond donors (Lipinski definition) is 1. The van der Waals surface area contributed by atoms with E-state index in [9.17, 15) is 24.3 Å². The Morgan fingerprint density at radius 2 is 1.15 bits per heavy atom. The Bertz CT molecular complexity index is 1230. The molecule has 2 aromatic carbocycles. The fourth-order valence-corrected chi connectivity index (χ4v) is 4.00. The molecule has 0 spiro atoms. The van der Waals surface area contributed by atoms with E-state index >= 15 is 0 Å². The third-order valence-corrected chi connectivity index (χ3v) is 6.59. The summed E-state index contributed by atoms with van der Waals surface area (Å²) in [6.07, 6.45) is 8.13. The smallest absolute Gasteiger partial charge is 0.342 e. The molecule has 0 heterocycles. The van der Waals surface area contributed by atoms with Crippen molar-refractivity contribution in [2.45, 2.75) is 77.4 Å². The molecule has 8 nitrogen and oxygen atoms in total. The highest BCUT2D eigenvalue weighted by molar-refractivity contribution is 6.67. The molecule has 0 atom stereocenters. The summed E-state index contributed by atoms with van der Waals surface area (Å²) in [5.41, 5.74) is 1.19. The van der Waals surface area contributed by atoms with Crippen molar-refractivity contribution in [3.05, 3.63) is 84.0 Å². The van der Waals surface area contributed by atoms with Crippen molar-refractivity contribution < 1.29 is 38.5 Å². The zero-order valence-electron chi connectivity index (χ0n) is 23.5. The zero-order valence-corrected chi connectivity index (χ0v) is 24.3. The molecule has 2 fully saturated rings. The molecule has 0 aliphatic heterocycles. The standard InChI is InChI=1S/C16H18O4.C12H14O3.C4H5ClO/c1-11(2)15(17)20-14-10-6-5-9-13(14)16(18)19-12-7-3-4-8-12;13-11-8-4-3-7-10(11)12(14)15-9-5-1-2-6-9;1-3(2)4(5)6/h5-6,9-10,12H,1,3-4,7-8H2,2H3;3-4,7-9,13H,1-2,5-6H2;1H2,2H3. The van der Waals surface area contributed by atoms with E-state index in [2.05, 4.69) is 13.2 Å². The van der Waals surface area contributed by atoms with Gasteiger partial charge in [0.25, 0.3) is 0 Å². The fourth-order valence-electron chi connectivity index (χ4n) is 4.00. The van der Waals surface area contributed by atoms with Crippen molar-refractivity contribution in [3.63, 3.8) is 0 Å².